The number of rotatable bonds is 4. The monoisotopic (exact) mass is 516 g/mol. The van der Waals surface area contributed by atoms with Gasteiger partial charge in [-0.3, -0.25) is 0 Å². The number of aliphatic hydroxyl groups is 1. The lowest BCUT2D eigenvalue weighted by molar-refractivity contribution is -0.182. The Bertz CT molecular complexity index is 988. The summed E-state index contributed by atoms with van der Waals surface area (Å²) in [5, 5.41) is 10.7. The Labute approximate surface area is 207 Å². The van der Waals surface area contributed by atoms with Gasteiger partial charge in [0.2, 0.25) is 0 Å². The quantitative estimate of drug-likeness (QED) is 0.361. The first kappa shape index (κ1) is 28.0. The Hall–Kier alpha value is -2.60. The molecule has 0 saturated carbocycles. The van der Waals surface area contributed by atoms with Gasteiger partial charge in [-0.2, -0.15) is 13.2 Å². The molecule has 0 bridgehead atoms. The number of halogens is 3. The first-order valence-corrected chi connectivity index (χ1v) is 11.4. The normalized spacial score (nSPS) is 30.4. The molecule has 2 aliphatic heterocycles. The van der Waals surface area contributed by atoms with Gasteiger partial charge in [0.15, 0.2) is 12.6 Å². The molecule has 1 aromatic rings. The number of hydrogen-bond donors (Lipinski definition) is 1. The lowest BCUT2D eigenvalue weighted by atomic mass is 9.97. The van der Waals surface area contributed by atoms with Gasteiger partial charge in [0.05, 0.1) is 13.2 Å². The Kier molecular flexibility index (Phi) is 8.71. The van der Waals surface area contributed by atoms with Gasteiger partial charge in [-0.25, -0.2) is 4.79 Å². The number of aliphatic hydroxyl groups excluding tert-OH is 1. The molecule has 36 heavy (non-hydrogen) atoms. The highest BCUT2D eigenvalue weighted by Crippen LogP contribution is 2.37. The number of carbonyl (C=O) groups is 1. The minimum Gasteiger partial charge on any atom is -0.497 e. The molecule has 0 aliphatic carbocycles. The van der Waals surface area contributed by atoms with E-state index in [2.05, 4.69) is 0 Å². The third kappa shape index (κ3) is 6.58. The average Bonchev–Trinajstić information content (AvgIpc) is 3.10. The molecule has 5 atom stereocenters. The maximum Gasteiger partial charge on any atom is 0.398 e. The largest absolute Gasteiger partial charge is 0.497 e. The van der Waals surface area contributed by atoms with E-state index < -0.39 is 48.3 Å². The maximum atomic E-state index is 13.9. The molecule has 4 unspecified atom stereocenters. The third-order valence-electron chi connectivity index (χ3n) is 5.79. The van der Waals surface area contributed by atoms with Crippen molar-refractivity contribution in [1.29, 1.82) is 0 Å². The number of hydrogen-bond acceptors (Lipinski definition) is 8. The third-order valence-corrected chi connectivity index (χ3v) is 5.79. The molecular formula is C25H31F3O8. The fraction of sp³-hybridized carbons (Fsp3) is 0.560. The summed E-state index contributed by atoms with van der Waals surface area (Å²) < 4.78 is 74.4. The predicted molar refractivity (Wildman–Crippen MR) is 123 cm³/mol. The van der Waals surface area contributed by atoms with Crippen LogP contribution in [-0.4, -0.2) is 68.5 Å². The minimum absolute atomic E-state index is 0.0223. The van der Waals surface area contributed by atoms with Gasteiger partial charge in [-0.15, -0.1) is 0 Å². The number of cyclic esters (lactones) is 1. The van der Waals surface area contributed by atoms with Crippen LogP contribution in [0.3, 0.4) is 0 Å². The van der Waals surface area contributed by atoms with Gasteiger partial charge in [-0.1, -0.05) is 24.3 Å². The number of alkyl halides is 3. The van der Waals surface area contributed by atoms with Gasteiger partial charge in [0.25, 0.3) is 0 Å². The Morgan fingerprint density at radius 2 is 1.89 bits per heavy atom. The van der Waals surface area contributed by atoms with Crippen molar-refractivity contribution in [2.45, 2.75) is 63.6 Å². The van der Waals surface area contributed by atoms with Gasteiger partial charge < -0.3 is 33.5 Å². The zero-order chi connectivity index (χ0) is 26.7. The van der Waals surface area contributed by atoms with Crippen molar-refractivity contribution in [1.82, 2.24) is 0 Å². The molecule has 2 aliphatic rings. The summed E-state index contributed by atoms with van der Waals surface area (Å²) in [6.45, 7) is 4.22. The van der Waals surface area contributed by atoms with E-state index in [1.54, 1.807) is 26.0 Å². The maximum absolute atomic E-state index is 13.9. The molecule has 0 amide bonds. The molecular weight excluding hydrogens is 485 g/mol. The van der Waals surface area contributed by atoms with E-state index >= 15 is 0 Å². The second-order valence-electron chi connectivity index (χ2n) is 8.97. The highest BCUT2D eigenvalue weighted by atomic mass is 19.4. The highest BCUT2D eigenvalue weighted by molar-refractivity contribution is 5.97. The van der Waals surface area contributed by atoms with Crippen LogP contribution in [0.25, 0.3) is 6.08 Å². The van der Waals surface area contributed by atoms with Crippen molar-refractivity contribution in [3.05, 3.63) is 41.5 Å². The van der Waals surface area contributed by atoms with Gasteiger partial charge in [-0.05, 0) is 38.8 Å². The Morgan fingerprint density at radius 1 is 1.17 bits per heavy atom. The summed E-state index contributed by atoms with van der Waals surface area (Å²) in [6.07, 6.45) is -4.02. The standard InChI is InChI=1S/C25H31F3O8/c1-14-17(25(26,27)28)9-10-18(29)22-19(35-24(2,3)36-22)8-6-7-15-11-16(32-5)12-20(33-13-31-4)21(15)23(30)34-14/h6-7,9-12,14,17-19,22,29H,8,13H2,1-5H3/b7-6+,10-9-/t14?,17?,18?,19-,22?/m0/s1. The van der Waals surface area contributed by atoms with Crippen LogP contribution < -0.4 is 9.47 Å². The van der Waals surface area contributed by atoms with E-state index in [0.717, 1.165) is 19.1 Å². The van der Waals surface area contributed by atoms with Crippen LogP contribution in [0.2, 0.25) is 0 Å². The SMILES string of the molecule is COCOc1cc(OC)cc2c1C(=O)OC(C)C(C(F)(F)F)/C=C\C(O)C1OC(C)(C)O[C@H]1C/C=C/2. The molecule has 1 saturated heterocycles. The first-order chi connectivity index (χ1) is 16.9. The summed E-state index contributed by atoms with van der Waals surface area (Å²) in [6, 6.07) is 2.96. The number of esters is 1. The van der Waals surface area contributed by atoms with Gasteiger partial charge >= 0.3 is 12.1 Å². The van der Waals surface area contributed by atoms with E-state index in [-0.39, 0.29) is 24.5 Å². The predicted octanol–water partition coefficient (Wildman–Crippen LogP) is 4.26. The molecule has 200 valence electrons. The topological polar surface area (TPSA) is 92.7 Å². The number of ether oxygens (including phenoxy) is 6. The van der Waals surface area contributed by atoms with Crippen molar-refractivity contribution < 1.29 is 51.5 Å². The number of carbonyl (C=O) groups excluding carboxylic acids is 1. The summed E-state index contributed by atoms with van der Waals surface area (Å²) >= 11 is 0. The molecule has 1 N–H and O–H groups in total. The minimum atomic E-state index is -4.75. The molecule has 11 heteroatoms. The van der Waals surface area contributed by atoms with E-state index in [0.29, 0.717) is 11.3 Å². The van der Waals surface area contributed by atoms with Crippen LogP contribution in [0.5, 0.6) is 11.5 Å². The van der Waals surface area contributed by atoms with Crippen LogP contribution in [-0.2, 0) is 18.9 Å². The van der Waals surface area contributed by atoms with Crippen molar-refractivity contribution in [2.75, 3.05) is 21.0 Å². The number of fused-ring (bicyclic) bond motifs is 2. The molecule has 0 radical (unpaired) electrons. The van der Waals surface area contributed by atoms with E-state index in [9.17, 15) is 23.1 Å². The second-order valence-corrected chi connectivity index (χ2v) is 8.97. The van der Waals surface area contributed by atoms with E-state index in [1.807, 2.05) is 0 Å². The molecule has 2 heterocycles. The smallest absolute Gasteiger partial charge is 0.398 e. The Balaban J connectivity index is 2.13. The van der Waals surface area contributed by atoms with E-state index in [1.165, 1.54) is 26.4 Å². The first-order valence-electron chi connectivity index (χ1n) is 11.4. The Morgan fingerprint density at radius 3 is 2.53 bits per heavy atom. The average molecular weight is 517 g/mol. The lowest BCUT2D eigenvalue weighted by Gasteiger charge is -2.26. The van der Waals surface area contributed by atoms with Crippen molar-refractivity contribution in [3.8, 4) is 11.5 Å². The van der Waals surface area contributed by atoms with Crippen LogP contribution in [0.4, 0.5) is 13.2 Å². The molecule has 8 nitrogen and oxygen atoms in total. The molecule has 0 spiro atoms. The van der Waals surface area contributed by atoms with Crippen molar-refractivity contribution >= 4 is 12.0 Å². The van der Waals surface area contributed by atoms with Crippen LogP contribution in [0.1, 0.15) is 43.1 Å². The fourth-order valence-corrected chi connectivity index (χ4v) is 4.15. The molecule has 1 fully saturated rings. The fourth-order valence-electron chi connectivity index (χ4n) is 4.15. The molecule has 1 aromatic carbocycles. The zero-order valence-electron chi connectivity index (χ0n) is 20.7. The summed E-state index contributed by atoms with van der Waals surface area (Å²) in [7, 11) is 2.81. The summed E-state index contributed by atoms with van der Waals surface area (Å²) in [5.74, 6) is -3.89. The van der Waals surface area contributed by atoms with Crippen LogP contribution >= 0.6 is 0 Å². The summed E-state index contributed by atoms with van der Waals surface area (Å²) in [4.78, 5) is 13.2. The lowest BCUT2D eigenvalue weighted by Crippen LogP contribution is -2.36. The zero-order valence-corrected chi connectivity index (χ0v) is 20.7. The van der Waals surface area contributed by atoms with Crippen LogP contribution in [0.15, 0.2) is 30.4 Å². The molecule has 0 aromatic heterocycles. The number of methoxy groups -OCH3 is 2. The van der Waals surface area contributed by atoms with Gasteiger partial charge in [0.1, 0.15) is 41.3 Å². The molecule has 3 rings (SSSR count). The van der Waals surface area contributed by atoms with Gasteiger partial charge in [0, 0.05) is 13.2 Å². The second kappa shape index (κ2) is 11.2. The number of benzene rings is 1. The van der Waals surface area contributed by atoms with E-state index in [4.69, 9.17) is 28.4 Å². The summed E-state index contributed by atoms with van der Waals surface area (Å²) in [5.41, 5.74) is 0.211. The van der Waals surface area contributed by atoms with Crippen molar-refractivity contribution in [3.63, 3.8) is 0 Å². The highest BCUT2D eigenvalue weighted by Gasteiger charge is 2.46. The van der Waals surface area contributed by atoms with Crippen LogP contribution in [0, 0.1) is 5.92 Å². The van der Waals surface area contributed by atoms with Crippen molar-refractivity contribution in [2.24, 2.45) is 5.92 Å².